The maximum Gasteiger partial charge on any atom is 0.375 e. The summed E-state index contributed by atoms with van der Waals surface area (Å²) in [5, 5.41) is 19.1. The molecule has 0 aromatic rings. The Balaban J connectivity index is 3.70. The fourth-order valence-corrected chi connectivity index (χ4v) is 0.616. The van der Waals surface area contributed by atoms with Crippen LogP contribution in [0.15, 0.2) is 0 Å². The quantitative estimate of drug-likeness (QED) is 0.563. The Morgan fingerprint density at radius 1 is 1.62 bits per heavy atom. The van der Waals surface area contributed by atoms with Crippen LogP contribution >= 0.6 is 0 Å². The van der Waals surface area contributed by atoms with Gasteiger partial charge in [0.1, 0.15) is 0 Å². The van der Waals surface area contributed by atoms with E-state index in [1.807, 2.05) is 0 Å². The molecule has 0 aromatic heterocycles. The summed E-state index contributed by atoms with van der Waals surface area (Å²) >= 11 is 0. The zero-order valence-electron chi connectivity index (χ0n) is 7.26. The molecule has 0 rings (SSSR count). The van der Waals surface area contributed by atoms with Crippen molar-refractivity contribution < 1.29 is 23.8 Å². The van der Waals surface area contributed by atoms with Crippen molar-refractivity contribution in [3.63, 3.8) is 0 Å². The van der Waals surface area contributed by atoms with Crippen molar-refractivity contribution in [1.82, 2.24) is 5.32 Å². The molecule has 13 heavy (non-hydrogen) atoms. The van der Waals surface area contributed by atoms with E-state index in [4.69, 9.17) is 10.2 Å². The minimum atomic E-state index is -3.77. The molecule has 0 aliphatic rings. The highest BCUT2D eigenvalue weighted by Gasteiger charge is 2.38. The number of hydrogen-bond acceptors (Lipinski definition) is 3. The molecular formula is C7H13F2NO3. The molecule has 4 nitrogen and oxygen atoms in total. The first-order valence-corrected chi connectivity index (χ1v) is 3.90. The van der Waals surface area contributed by atoms with Crippen LogP contribution in [0.3, 0.4) is 0 Å². The smallest absolute Gasteiger partial charge is 0.375 e. The first-order chi connectivity index (χ1) is 5.90. The summed E-state index contributed by atoms with van der Waals surface area (Å²) in [7, 11) is 0. The molecule has 0 fully saturated rings. The number of aliphatic hydroxyl groups is 1. The Labute approximate surface area is 74.6 Å². The number of halogens is 2. The Hall–Kier alpha value is -0.750. The molecule has 0 saturated carbocycles. The third-order valence-corrected chi connectivity index (χ3v) is 1.51. The number of hydrogen-bond donors (Lipinski definition) is 3. The Morgan fingerprint density at radius 2 is 2.15 bits per heavy atom. The van der Waals surface area contributed by atoms with E-state index in [2.05, 4.69) is 5.32 Å². The van der Waals surface area contributed by atoms with Crippen LogP contribution in [0, 0.1) is 0 Å². The fraction of sp³-hybridized carbons (Fsp3) is 0.857. The number of carboxylic acid groups (broad SMARTS) is 1. The highest BCUT2D eigenvalue weighted by atomic mass is 19.3. The van der Waals surface area contributed by atoms with Crippen molar-refractivity contribution in [2.45, 2.75) is 25.4 Å². The number of aliphatic carboxylic acids is 1. The van der Waals surface area contributed by atoms with E-state index < -0.39 is 24.5 Å². The molecule has 6 heteroatoms. The molecule has 3 N–H and O–H groups in total. The van der Waals surface area contributed by atoms with Crippen LogP contribution in [0.25, 0.3) is 0 Å². The molecule has 78 valence electrons. The molecule has 0 saturated heterocycles. The Kier molecular flexibility index (Phi) is 4.79. The predicted octanol–water partition coefficient (Wildman–Crippen LogP) is 0.0668. The van der Waals surface area contributed by atoms with Crippen LogP contribution in [0.4, 0.5) is 8.78 Å². The zero-order chi connectivity index (χ0) is 10.5. The topological polar surface area (TPSA) is 69.6 Å². The minimum Gasteiger partial charge on any atom is -0.477 e. The Morgan fingerprint density at radius 3 is 2.54 bits per heavy atom. The largest absolute Gasteiger partial charge is 0.477 e. The van der Waals surface area contributed by atoms with E-state index in [0.29, 0.717) is 6.42 Å². The lowest BCUT2D eigenvalue weighted by molar-refractivity contribution is -0.164. The number of alkyl halides is 2. The molecule has 0 aromatic carbocycles. The second-order valence-electron chi connectivity index (χ2n) is 2.70. The third kappa shape index (κ3) is 4.74. The lowest BCUT2D eigenvalue weighted by Gasteiger charge is -2.13. The molecular weight excluding hydrogens is 184 g/mol. The lowest BCUT2D eigenvalue weighted by atomic mass is 10.2. The summed E-state index contributed by atoms with van der Waals surface area (Å²) in [5.41, 5.74) is 0. The van der Waals surface area contributed by atoms with Gasteiger partial charge in [0.25, 0.3) is 0 Å². The van der Waals surface area contributed by atoms with Gasteiger partial charge in [0, 0.05) is 6.54 Å². The van der Waals surface area contributed by atoms with Gasteiger partial charge in [-0.2, -0.15) is 8.78 Å². The first-order valence-electron chi connectivity index (χ1n) is 3.90. The van der Waals surface area contributed by atoms with Gasteiger partial charge in [-0.25, -0.2) is 4.79 Å². The van der Waals surface area contributed by atoms with E-state index >= 15 is 0 Å². The summed E-state index contributed by atoms with van der Waals surface area (Å²) in [6, 6.07) is 0. The van der Waals surface area contributed by atoms with Crippen LogP contribution in [0.2, 0.25) is 0 Å². The van der Waals surface area contributed by atoms with Crippen LogP contribution in [0.5, 0.6) is 0 Å². The second kappa shape index (κ2) is 5.08. The van der Waals surface area contributed by atoms with Crippen LogP contribution < -0.4 is 5.32 Å². The second-order valence-corrected chi connectivity index (χ2v) is 2.70. The highest BCUT2D eigenvalue weighted by Crippen LogP contribution is 2.11. The molecule has 0 bridgehead atoms. The average Bonchev–Trinajstić information content (AvgIpc) is 2.03. The highest BCUT2D eigenvalue weighted by molar-refractivity contribution is 5.75. The first kappa shape index (κ1) is 12.2. The number of nitrogens with one attached hydrogen (secondary N) is 1. The average molecular weight is 197 g/mol. The van der Waals surface area contributed by atoms with E-state index in [9.17, 15) is 13.6 Å². The summed E-state index contributed by atoms with van der Waals surface area (Å²) in [4.78, 5) is 9.91. The number of aliphatic hydroxyl groups excluding tert-OH is 1. The van der Waals surface area contributed by atoms with E-state index in [0.717, 1.165) is 0 Å². The zero-order valence-corrected chi connectivity index (χ0v) is 7.26. The van der Waals surface area contributed by atoms with Gasteiger partial charge < -0.3 is 15.5 Å². The molecule has 0 aliphatic heterocycles. The van der Waals surface area contributed by atoms with Gasteiger partial charge in [-0.05, 0) is 6.42 Å². The summed E-state index contributed by atoms with van der Waals surface area (Å²) < 4.78 is 24.7. The van der Waals surface area contributed by atoms with Gasteiger partial charge in [0.2, 0.25) is 0 Å². The van der Waals surface area contributed by atoms with Gasteiger partial charge in [0.05, 0.1) is 12.6 Å². The van der Waals surface area contributed by atoms with Crippen molar-refractivity contribution in [2.24, 2.45) is 0 Å². The molecule has 0 aliphatic carbocycles. The number of carbonyl (C=O) groups is 1. The maximum atomic E-state index is 12.4. The van der Waals surface area contributed by atoms with Gasteiger partial charge in [-0.15, -0.1) is 0 Å². The van der Waals surface area contributed by atoms with Gasteiger partial charge >= 0.3 is 11.9 Å². The summed E-state index contributed by atoms with van der Waals surface area (Å²) in [5.74, 6) is -5.93. The van der Waals surface area contributed by atoms with Gasteiger partial charge in [-0.1, -0.05) is 6.92 Å². The molecule has 0 amide bonds. The summed E-state index contributed by atoms with van der Waals surface area (Å²) in [6.45, 7) is 0.709. The van der Waals surface area contributed by atoms with E-state index in [-0.39, 0.29) is 6.54 Å². The van der Waals surface area contributed by atoms with E-state index in [1.165, 1.54) is 0 Å². The van der Waals surface area contributed by atoms with E-state index in [1.54, 1.807) is 6.92 Å². The molecule has 1 atom stereocenters. The fourth-order valence-electron chi connectivity index (χ4n) is 0.616. The number of carboxylic acids is 1. The molecule has 0 heterocycles. The third-order valence-electron chi connectivity index (χ3n) is 1.51. The van der Waals surface area contributed by atoms with Crippen molar-refractivity contribution in [2.75, 3.05) is 13.1 Å². The van der Waals surface area contributed by atoms with Crippen LogP contribution in [-0.4, -0.2) is 41.3 Å². The summed E-state index contributed by atoms with van der Waals surface area (Å²) in [6.07, 6.45) is -0.282. The van der Waals surface area contributed by atoms with Crippen molar-refractivity contribution in [3.05, 3.63) is 0 Å². The normalized spacial score (nSPS) is 14.2. The number of rotatable bonds is 6. The van der Waals surface area contributed by atoms with Gasteiger partial charge in [-0.3, -0.25) is 0 Å². The predicted molar refractivity (Wildman–Crippen MR) is 41.8 cm³/mol. The van der Waals surface area contributed by atoms with Crippen LogP contribution in [0.1, 0.15) is 13.3 Å². The standard InChI is InChI=1S/C7H13F2NO3/c1-2-5(11)3-10-4-7(8,9)6(12)13/h5,10-11H,2-4H2,1H3,(H,12,13). The molecule has 0 radical (unpaired) electrons. The lowest BCUT2D eigenvalue weighted by Crippen LogP contribution is -2.42. The minimum absolute atomic E-state index is 0.0284. The molecule has 0 spiro atoms. The van der Waals surface area contributed by atoms with Crippen LogP contribution in [-0.2, 0) is 4.79 Å². The maximum absolute atomic E-state index is 12.4. The van der Waals surface area contributed by atoms with Crippen molar-refractivity contribution in [3.8, 4) is 0 Å². The van der Waals surface area contributed by atoms with Gasteiger partial charge in [0.15, 0.2) is 0 Å². The van der Waals surface area contributed by atoms with Crippen molar-refractivity contribution in [1.29, 1.82) is 0 Å². The SMILES string of the molecule is CCC(O)CNCC(F)(F)C(=O)O. The van der Waals surface area contributed by atoms with Crippen molar-refractivity contribution >= 4 is 5.97 Å². The molecule has 1 unspecified atom stereocenters. The monoisotopic (exact) mass is 197 g/mol. The Bertz CT molecular complexity index is 175.